The number of nitrogens with one attached hydrogen (secondary N) is 3. The van der Waals surface area contributed by atoms with Crippen LogP contribution < -0.4 is 16.0 Å². The van der Waals surface area contributed by atoms with E-state index in [1.165, 1.54) is 0 Å². The van der Waals surface area contributed by atoms with Crippen molar-refractivity contribution >= 4 is 11.6 Å². The summed E-state index contributed by atoms with van der Waals surface area (Å²) in [6, 6.07) is 6.08. The lowest BCUT2D eigenvalue weighted by atomic mass is 9.87. The molecular weight excluding hydrogens is 250 g/mol. The largest absolute Gasteiger partial charge is 0.324 e. The van der Waals surface area contributed by atoms with Gasteiger partial charge in [-0.1, -0.05) is 25.1 Å². The van der Waals surface area contributed by atoms with Gasteiger partial charge < -0.3 is 16.0 Å². The Morgan fingerprint density at radius 1 is 1.25 bits per heavy atom. The van der Waals surface area contributed by atoms with Gasteiger partial charge in [-0.2, -0.15) is 0 Å². The molecule has 1 heterocycles. The van der Waals surface area contributed by atoms with Crippen molar-refractivity contribution < 1.29 is 4.79 Å². The predicted molar refractivity (Wildman–Crippen MR) is 83.1 cm³/mol. The third-order valence-electron chi connectivity index (χ3n) is 4.13. The molecular formula is C16H25N3O. The number of carbonyl (C=O) groups is 1. The van der Waals surface area contributed by atoms with Gasteiger partial charge in [0, 0.05) is 5.69 Å². The molecule has 110 valence electrons. The van der Waals surface area contributed by atoms with Gasteiger partial charge in [-0.05, 0) is 57.5 Å². The molecule has 0 bridgehead atoms. The number of likely N-dealkylation sites (N-methyl/N-ethyl adjacent to an activating group) is 1. The van der Waals surface area contributed by atoms with E-state index in [0.717, 1.165) is 49.3 Å². The van der Waals surface area contributed by atoms with E-state index in [2.05, 4.69) is 22.9 Å². The second-order valence-electron chi connectivity index (χ2n) is 5.58. The van der Waals surface area contributed by atoms with E-state index in [0.29, 0.717) is 0 Å². The van der Waals surface area contributed by atoms with E-state index in [4.69, 9.17) is 0 Å². The van der Waals surface area contributed by atoms with Gasteiger partial charge in [0.15, 0.2) is 0 Å². The van der Waals surface area contributed by atoms with Gasteiger partial charge in [0.25, 0.3) is 0 Å². The normalized spacial score (nSPS) is 17.8. The monoisotopic (exact) mass is 275 g/mol. The third kappa shape index (κ3) is 3.02. The Kier molecular flexibility index (Phi) is 4.78. The van der Waals surface area contributed by atoms with Crippen molar-refractivity contribution in [3.05, 3.63) is 29.3 Å². The summed E-state index contributed by atoms with van der Waals surface area (Å²) < 4.78 is 0. The number of piperidine rings is 1. The third-order valence-corrected chi connectivity index (χ3v) is 4.13. The lowest BCUT2D eigenvalue weighted by Crippen LogP contribution is -2.59. The van der Waals surface area contributed by atoms with Crippen LogP contribution in [0.3, 0.4) is 0 Å². The van der Waals surface area contributed by atoms with Crippen LogP contribution in [0.2, 0.25) is 0 Å². The second kappa shape index (κ2) is 6.37. The van der Waals surface area contributed by atoms with Crippen molar-refractivity contribution in [2.75, 3.05) is 25.0 Å². The minimum atomic E-state index is -0.436. The lowest BCUT2D eigenvalue weighted by molar-refractivity contribution is -0.123. The molecule has 0 saturated carbocycles. The summed E-state index contributed by atoms with van der Waals surface area (Å²) in [5.74, 6) is 0.0956. The maximum atomic E-state index is 12.8. The number of para-hydroxylation sites is 1. The average Bonchev–Trinajstić information content (AvgIpc) is 2.44. The minimum absolute atomic E-state index is 0.0956. The zero-order chi connectivity index (χ0) is 14.6. The summed E-state index contributed by atoms with van der Waals surface area (Å²) in [5, 5.41) is 9.87. The maximum absolute atomic E-state index is 12.8. The molecule has 1 saturated heterocycles. The molecule has 1 aliphatic heterocycles. The zero-order valence-corrected chi connectivity index (χ0v) is 12.7. The van der Waals surface area contributed by atoms with Crippen LogP contribution in [0.25, 0.3) is 0 Å². The fourth-order valence-electron chi connectivity index (χ4n) is 2.92. The van der Waals surface area contributed by atoms with Crippen LogP contribution in [-0.2, 0) is 4.79 Å². The highest BCUT2D eigenvalue weighted by atomic mass is 16.2. The van der Waals surface area contributed by atoms with E-state index in [9.17, 15) is 4.79 Å². The number of carbonyl (C=O) groups excluding carboxylic acids is 1. The molecule has 1 aromatic carbocycles. The molecule has 4 nitrogen and oxygen atoms in total. The zero-order valence-electron chi connectivity index (χ0n) is 12.7. The Morgan fingerprint density at radius 3 is 2.40 bits per heavy atom. The highest BCUT2D eigenvalue weighted by Crippen LogP contribution is 2.24. The fourth-order valence-corrected chi connectivity index (χ4v) is 2.92. The van der Waals surface area contributed by atoms with Gasteiger partial charge in [-0.25, -0.2) is 0 Å². The smallest absolute Gasteiger partial charge is 0.244 e. The molecule has 0 radical (unpaired) electrons. The van der Waals surface area contributed by atoms with Crippen molar-refractivity contribution in [2.24, 2.45) is 0 Å². The summed E-state index contributed by atoms with van der Waals surface area (Å²) >= 11 is 0. The Labute approximate surface area is 121 Å². The SMILES string of the molecule is CCNC1(C(=O)Nc2c(C)cccc2C)CCNCC1. The first-order valence-electron chi connectivity index (χ1n) is 7.42. The number of amides is 1. The summed E-state index contributed by atoms with van der Waals surface area (Å²) in [5.41, 5.74) is 2.74. The Hall–Kier alpha value is -1.39. The molecule has 3 N–H and O–H groups in total. The summed E-state index contributed by atoms with van der Waals surface area (Å²) in [6.07, 6.45) is 1.66. The van der Waals surface area contributed by atoms with Crippen molar-refractivity contribution in [1.29, 1.82) is 0 Å². The van der Waals surface area contributed by atoms with Gasteiger partial charge in [0.05, 0.1) is 0 Å². The molecule has 0 aromatic heterocycles. The second-order valence-corrected chi connectivity index (χ2v) is 5.58. The molecule has 4 heteroatoms. The summed E-state index contributed by atoms with van der Waals surface area (Å²) in [6.45, 7) is 8.69. The number of anilines is 1. The number of aryl methyl sites for hydroxylation is 2. The molecule has 1 aromatic rings. The van der Waals surface area contributed by atoms with Crippen LogP contribution in [0.4, 0.5) is 5.69 Å². The molecule has 0 unspecified atom stereocenters. The molecule has 2 rings (SSSR count). The molecule has 0 aliphatic carbocycles. The minimum Gasteiger partial charge on any atom is -0.324 e. The van der Waals surface area contributed by atoms with E-state index in [1.54, 1.807) is 0 Å². The van der Waals surface area contributed by atoms with Crippen molar-refractivity contribution in [2.45, 2.75) is 39.2 Å². The molecule has 1 aliphatic rings. The average molecular weight is 275 g/mol. The Balaban J connectivity index is 2.20. The molecule has 0 atom stereocenters. The van der Waals surface area contributed by atoms with Gasteiger partial charge in [-0.15, -0.1) is 0 Å². The van der Waals surface area contributed by atoms with E-state index >= 15 is 0 Å². The van der Waals surface area contributed by atoms with E-state index in [1.807, 2.05) is 32.0 Å². The first-order valence-corrected chi connectivity index (χ1v) is 7.42. The van der Waals surface area contributed by atoms with Gasteiger partial charge in [0.2, 0.25) is 5.91 Å². The predicted octanol–water partition coefficient (Wildman–Crippen LogP) is 1.97. The first-order chi connectivity index (χ1) is 9.59. The van der Waals surface area contributed by atoms with E-state index in [-0.39, 0.29) is 5.91 Å². The Bertz CT molecular complexity index is 453. The quantitative estimate of drug-likeness (QED) is 0.787. The number of hydrogen-bond donors (Lipinski definition) is 3. The van der Waals surface area contributed by atoms with Crippen LogP contribution in [-0.4, -0.2) is 31.1 Å². The maximum Gasteiger partial charge on any atom is 0.244 e. The Morgan fingerprint density at radius 2 is 1.85 bits per heavy atom. The van der Waals surface area contributed by atoms with Crippen molar-refractivity contribution in [1.82, 2.24) is 10.6 Å². The number of benzene rings is 1. The van der Waals surface area contributed by atoms with Crippen LogP contribution in [0, 0.1) is 13.8 Å². The first kappa shape index (κ1) is 15.0. The van der Waals surface area contributed by atoms with Crippen LogP contribution in [0.5, 0.6) is 0 Å². The molecule has 1 fully saturated rings. The standard InChI is InChI=1S/C16H25N3O/c1-4-18-16(8-10-17-11-9-16)15(20)19-14-12(2)6-5-7-13(14)3/h5-7,17-18H,4,8-11H2,1-3H3,(H,19,20). The van der Waals surface area contributed by atoms with Crippen LogP contribution >= 0.6 is 0 Å². The van der Waals surface area contributed by atoms with Gasteiger partial charge in [0.1, 0.15) is 5.54 Å². The van der Waals surface area contributed by atoms with Crippen LogP contribution in [0.1, 0.15) is 30.9 Å². The lowest BCUT2D eigenvalue weighted by Gasteiger charge is -2.37. The highest BCUT2D eigenvalue weighted by Gasteiger charge is 2.38. The molecule has 1 amide bonds. The molecule has 0 spiro atoms. The van der Waals surface area contributed by atoms with E-state index < -0.39 is 5.54 Å². The topological polar surface area (TPSA) is 53.2 Å². The summed E-state index contributed by atoms with van der Waals surface area (Å²) in [4.78, 5) is 12.8. The number of hydrogen-bond acceptors (Lipinski definition) is 3. The highest BCUT2D eigenvalue weighted by molar-refractivity contribution is 5.99. The van der Waals surface area contributed by atoms with Crippen molar-refractivity contribution in [3.63, 3.8) is 0 Å². The fraction of sp³-hybridized carbons (Fsp3) is 0.562. The van der Waals surface area contributed by atoms with Crippen molar-refractivity contribution in [3.8, 4) is 0 Å². The summed E-state index contributed by atoms with van der Waals surface area (Å²) in [7, 11) is 0. The van der Waals surface area contributed by atoms with Crippen LogP contribution in [0.15, 0.2) is 18.2 Å². The van der Waals surface area contributed by atoms with Gasteiger partial charge >= 0.3 is 0 Å². The molecule has 20 heavy (non-hydrogen) atoms. The van der Waals surface area contributed by atoms with Gasteiger partial charge in [-0.3, -0.25) is 4.79 Å². The number of rotatable bonds is 4.